The summed E-state index contributed by atoms with van der Waals surface area (Å²) in [5, 5.41) is 30.1. The van der Waals surface area contributed by atoms with Crippen LogP contribution in [-0.4, -0.2) is 58.3 Å². The first kappa shape index (κ1) is 24.2. The molecule has 6 N–H and O–H groups in total. The van der Waals surface area contributed by atoms with Gasteiger partial charge in [-0.3, -0.25) is 0 Å². The zero-order chi connectivity index (χ0) is 23.0. The molecule has 1 aromatic heterocycles. The third-order valence-electron chi connectivity index (χ3n) is 4.76. The Labute approximate surface area is 180 Å². The van der Waals surface area contributed by atoms with Gasteiger partial charge in [-0.05, 0) is 0 Å². The molecule has 12 heteroatoms. The molecule has 0 bridgehead atoms. The molecule has 0 aliphatic carbocycles. The third kappa shape index (κ3) is 7.28. The van der Waals surface area contributed by atoms with E-state index in [0.29, 0.717) is 25.8 Å². The van der Waals surface area contributed by atoms with Gasteiger partial charge in [-0.15, -0.1) is 0 Å². The number of non-ortho nitro benzene ring substituents is 1. The topological polar surface area (TPSA) is 173 Å². The fraction of sp³-hybridized carbons (Fsp3) is 0.316. The van der Waals surface area contributed by atoms with Gasteiger partial charge >= 0.3 is 180 Å². The standard InChI is InChI=1S/C19H24B2N4O6/c22-17(18(23)26)5-1-2-7-24(12-13-4-3-6-20-11-13)19(27)14-8-15(21(28)29)10-16(9-14)25(30)31/h3-4,6,8-11,17,28-29H,1-2,5,7,12,22H2,(H2,23,26)/t17-/m0/s1. The molecule has 0 aliphatic heterocycles. The Morgan fingerprint density at radius 1 is 1.26 bits per heavy atom. The van der Waals surface area contributed by atoms with Crippen molar-refractivity contribution in [3.63, 3.8) is 0 Å². The average Bonchev–Trinajstić information content (AvgIpc) is 2.75. The number of nitro benzene ring substituents is 1. The molecule has 0 fully saturated rings. The second-order valence-electron chi connectivity index (χ2n) is 7.16. The predicted octanol–water partition coefficient (Wildman–Crippen LogP) is -0.762. The van der Waals surface area contributed by atoms with Gasteiger partial charge in [-0.2, -0.15) is 0 Å². The van der Waals surface area contributed by atoms with E-state index in [1.807, 2.05) is 31.0 Å². The Bertz CT molecular complexity index is 929. The quantitative estimate of drug-likeness (QED) is 0.158. The van der Waals surface area contributed by atoms with Crippen LogP contribution in [0.4, 0.5) is 5.69 Å². The Balaban J connectivity index is 2.24. The van der Waals surface area contributed by atoms with E-state index >= 15 is 0 Å². The van der Waals surface area contributed by atoms with Gasteiger partial charge in [0.25, 0.3) is 0 Å². The monoisotopic (exact) mass is 426 g/mol. The molecular formula is C19H24B2N4O6. The molecule has 1 atom stereocenters. The minimum absolute atomic E-state index is 0.0259. The molecule has 2 aromatic rings. The maximum atomic E-state index is 13.2. The van der Waals surface area contributed by atoms with Crippen molar-refractivity contribution < 1.29 is 24.6 Å². The summed E-state index contributed by atoms with van der Waals surface area (Å²) in [7, 11) is -1.95. The van der Waals surface area contributed by atoms with Crippen molar-refractivity contribution >= 4 is 37.0 Å². The number of nitro groups is 1. The molecule has 0 radical (unpaired) electrons. The first-order chi connectivity index (χ1) is 14.7. The molecule has 1 heterocycles. The van der Waals surface area contributed by atoms with E-state index in [-0.39, 0.29) is 17.6 Å². The van der Waals surface area contributed by atoms with Crippen molar-refractivity contribution in [2.45, 2.75) is 31.8 Å². The van der Waals surface area contributed by atoms with Crippen LogP contribution in [0.15, 0.2) is 42.3 Å². The van der Waals surface area contributed by atoms with Crippen molar-refractivity contribution in [1.29, 1.82) is 0 Å². The van der Waals surface area contributed by atoms with Crippen molar-refractivity contribution in [1.82, 2.24) is 4.90 Å². The van der Waals surface area contributed by atoms with Gasteiger partial charge in [-0.1, -0.05) is 0 Å². The predicted molar refractivity (Wildman–Crippen MR) is 116 cm³/mol. The maximum absolute atomic E-state index is 13.2. The number of nitrogens with zero attached hydrogens (tertiary/aromatic N) is 2. The summed E-state index contributed by atoms with van der Waals surface area (Å²) < 4.78 is 0. The third-order valence-corrected chi connectivity index (χ3v) is 4.76. The van der Waals surface area contributed by atoms with Gasteiger partial charge in [-0.25, -0.2) is 0 Å². The SMILES string of the molecule is NC(=O)[C@@H](N)CCCCN(Cc1cbccc1)C(=O)c1cc(B(O)O)cc([N+](=O)[O-])c1. The average molecular weight is 426 g/mol. The van der Waals surface area contributed by atoms with Gasteiger partial charge < -0.3 is 0 Å². The van der Waals surface area contributed by atoms with Crippen molar-refractivity contribution in [3.8, 4) is 0 Å². The summed E-state index contributed by atoms with van der Waals surface area (Å²) in [6.45, 7) is 2.39. The number of rotatable bonds is 11. The van der Waals surface area contributed by atoms with Crippen LogP contribution in [0.5, 0.6) is 0 Å². The summed E-state index contributed by atoms with van der Waals surface area (Å²) in [6.07, 6.45) is 1.46. The summed E-state index contributed by atoms with van der Waals surface area (Å²) in [5.41, 5.74) is 11.1. The van der Waals surface area contributed by atoms with E-state index in [0.717, 1.165) is 17.7 Å². The summed E-state index contributed by atoms with van der Waals surface area (Å²) in [4.78, 5) is 36.3. The van der Waals surface area contributed by atoms with Crippen LogP contribution >= 0.6 is 0 Å². The van der Waals surface area contributed by atoms with Crippen molar-refractivity contribution in [2.75, 3.05) is 6.54 Å². The summed E-state index contributed by atoms with van der Waals surface area (Å²) in [6, 6.07) is 6.25. The zero-order valence-corrected chi connectivity index (χ0v) is 16.9. The Kier molecular flexibility index (Phi) is 8.86. The van der Waals surface area contributed by atoms with E-state index in [2.05, 4.69) is 0 Å². The van der Waals surface area contributed by atoms with Gasteiger partial charge in [0.15, 0.2) is 0 Å². The van der Waals surface area contributed by atoms with Crippen LogP contribution in [0.3, 0.4) is 0 Å². The van der Waals surface area contributed by atoms with E-state index < -0.39 is 35.6 Å². The van der Waals surface area contributed by atoms with Gasteiger partial charge in [0.1, 0.15) is 0 Å². The van der Waals surface area contributed by atoms with Gasteiger partial charge in [0, 0.05) is 0 Å². The Hall–Kier alpha value is -3.08. The normalized spacial score (nSPS) is 11.5. The number of amides is 2. The first-order valence-corrected chi connectivity index (χ1v) is 9.72. The fourth-order valence-corrected chi connectivity index (χ4v) is 3.06. The molecular weight excluding hydrogens is 402 g/mol. The summed E-state index contributed by atoms with van der Waals surface area (Å²) >= 11 is 0. The van der Waals surface area contributed by atoms with Crippen molar-refractivity contribution in [2.24, 2.45) is 11.5 Å². The molecule has 31 heavy (non-hydrogen) atoms. The Morgan fingerprint density at radius 3 is 2.58 bits per heavy atom. The number of nitrogens with two attached hydrogens (primary N) is 2. The second-order valence-corrected chi connectivity index (χ2v) is 7.16. The number of unbranched alkanes of at least 4 members (excludes halogenated alkanes) is 1. The molecule has 0 saturated heterocycles. The van der Waals surface area contributed by atoms with Gasteiger partial charge in [0.2, 0.25) is 0 Å². The van der Waals surface area contributed by atoms with E-state index in [1.165, 1.54) is 11.0 Å². The van der Waals surface area contributed by atoms with Crippen LogP contribution in [0.2, 0.25) is 0 Å². The fourth-order valence-electron chi connectivity index (χ4n) is 3.06. The van der Waals surface area contributed by atoms with Crippen molar-refractivity contribution in [3.05, 3.63) is 63.5 Å². The number of hydrogen-bond donors (Lipinski definition) is 4. The minimum atomic E-state index is -1.95. The van der Waals surface area contributed by atoms with Gasteiger partial charge in [0.05, 0.1) is 0 Å². The molecule has 0 saturated carbocycles. The number of benzene rings is 1. The molecule has 0 aliphatic rings. The van der Waals surface area contributed by atoms with Crippen LogP contribution < -0.4 is 16.9 Å². The van der Waals surface area contributed by atoms with E-state index in [4.69, 9.17) is 11.5 Å². The van der Waals surface area contributed by atoms with E-state index in [1.54, 1.807) is 0 Å². The number of carbonyl (C=O) groups excluding carboxylic acids is 2. The first-order valence-electron chi connectivity index (χ1n) is 9.72. The van der Waals surface area contributed by atoms with E-state index in [9.17, 15) is 29.8 Å². The molecule has 10 nitrogen and oxygen atoms in total. The molecule has 1 aromatic carbocycles. The number of hydrogen-bond acceptors (Lipinski definition) is 7. The number of carbonyl (C=O) groups is 2. The van der Waals surface area contributed by atoms with Crippen LogP contribution in [-0.2, 0) is 11.3 Å². The molecule has 2 amide bonds. The molecule has 162 valence electrons. The molecule has 0 spiro atoms. The zero-order valence-electron chi connectivity index (χ0n) is 16.9. The van der Waals surface area contributed by atoms with Crippen LogP contribution in [0.25, 0.3) is 0 Å². The number of primary amides is 1. The second kappa shape index (κ2) is 11.3. The summed E-state index contributed by atoms with van der Waals surface area (Å²) in [5.74, 6) is 2.60. The van der Waals surface area contributed by atoms with Crippen LogP contribution in [0, 0.1) is 10.1 Å². The van der Waals surface area contributed by atoms with Crippen LogP contribution in [0.1, 0.15) is 35.2 Å². The molecule has 0 unspecified atom stereocenters. The molecule has 2 rings (SSSR count). The Morgan fingerprint density at radius 2 is 2.00 bits per heavy atom.